The number of halogens is 1. The molecule has 2 rings (SSSR count). The Morgan fingerprint density at radius 2 is 2.00 bits per heavy atom. The van der Waals surface area contributed by atoms with E-state index in [9.17, 15) is 14.0 Å². The largest absolute Gasteiger partial charge is 0.373 e. The van der Waals surface area contributed by atoms with Crippen LogP contribution in [0.2, 0.25) is 0 Å². The Bertz CT molecular complexity index is 508. The molecule has 19 heavy (non-hydrogen) atoms. The lowest BCUT2D eigenvalue weighted by atomic mass is 10.2. The lowest BCUT2D eigenvalue weighted by Crippen LogP contribution is -2.39. The zero-order valence-corrected chi connectivity index (χ0v) is 11.2. The van der Waals surface area contributed by atoms with Gasteiger partial charge in [-0.25, -0.2) is 4.39 Å². The fourth-order valence-corrected chi connectivity index (χ4v) is 2.33. The molecule has 5 heteroatoms. The van der Waals surface area contributed by atoms with Crippen molar-refractivity contribution in [1.82, 2.24) is 4.90 Å². The standard InChI is InChI=1S/C14H17FN2O2/c1-8(2)17-13(18)7-12(14(17)19)16-11-5-9(3)4-10(15)6-11/h4-6,8,12,16H,7H2,1-3H3. The second-order valence-corrected chi connectivity index (χ2v) is 5.11. The van der Waals surface area contributed by atoms with Crippen LogP contribution in [0, 0.1) is 12.7 Å². The van der Waals surface area contributed by atoms with Crippen LogP contribution in [-0.4, -0.2) is 28.8 Å². The van der Waals surface area contributed by atoms with Crippen molar-refractivity contribution in [2.75, 3.05) is 5.32 Å². The van der Waals surface area contributed by atoms with Gasteiger partial charge in [-0.05, 0) is 44.5 Å². The number of imide groups is 1. The van der Waals surface area contributed by atoms with Gasteiger partial charge in [0, 0.05) is 11.7 Å². The smallest absolute Gasteiger partial charge is 0.252 e. The SMILES string of the molecule is Cc1cc(F)cc(NC2CC(=O)N(C(C)C)C2=O)c1. The van der Waals surface area contributed by atoms with Crippen molar-refractivity contribution in [3.8, 4) is 0 Å². The lowest BCUT2D eigenvalue weighted by Gasteiger charge is -2.19. The highest BCUT2D eigenvalue weighted by molar-refractivity contribution is 6.07. The van der Waals surface area contributed by atoms with Crippen molar-refractivity contribution < 1.29 is 14.0 Å². The number of carbonyl (C=O) groups excluding carboxylic acids is 2. The zero-order valence-electron chi connectivity index (χ0n) is 11.2. The predicted octanol–water partition coefficient (Wildman–Crippen LogP) is 2.08. The normalized spacial score (nSPS) is 19.4. The van der Waals surface area contributed by atoms with Gasteiger partial charge in [0.2, 0.25) is 5.91 Å². The van der Waals surface area contributed by atoms with Crippen LogP contribution >= 0.6 is 0 Å². The summed E-state index contributed by atoms with van der Waals surface area (Å²) in [6, 6.07) is 3.73. The minimum atomic E-state index is -0.601. The molecule has 1 aliphatic rings. The third-order valence-electron chi connectivity index (χ3n) is 3.08. The molecule has 1 unspecified atom stereocenters. The van der Waals surface area contributed by atoms with E-state index in [2.05, 4.69) is 5.32 Å². The number of benzene rings is 1. The predicted molar refractivity (Wildman–Crippen MR) is 70.2 cm³/mol. The highest BCUT2D eigenvalue weighted by atomic mass is 19.1. The van der Waals surface area contributed by atoms with E-state index in [0.29, 0.717) is 5.69 Å². The van der Waals surface area contributed by atoms with Crippen LogP contribution in [0.15, 0.2) is 18.2 Å². The molecule has 102 valence electrons. The maximum absolute atomic E-state index is 13.3. The van der Waals surface area contributed by atoms with Gasteiger partial charge in [0.15, 0.2) is 0 Å². The first-order chi connectivity index (χ1) is 8.88. The van der Waals surface area contributed by atoms with Crippen molar-refractivity contribution in [2.45, 2.75) is 39.3 Å². The average molecular weight is 264 g/mol. The lowest BCUT2D eigenvalue weighted by molar-refractivity contribution is -0.140. The number of rotatable bonds is 3. The van der Waals surface area contributed by atoms with Crippen LogP contribution in [0.5, 0.6) is 0 Å². The number of likely N-dealkylation sites (tertiary alicyclic amines) is 1. The summed E-state index contributed by atoms with van der Waals surface area (Å²) in [6.07, 6.45) is 0.118. The first kappa shape index (κ1) is 13.5. The van der Waals surface area contributed by atoms with E-state index in [1.54, 1.807) is 26.8 Å². The van der Waals surface area contributed by atoms with E-state index in [0.717, 1.165) is 5.56 Å². The molecule has 0 spiro atoms. The number of carbonyl (C=O) groups is 2. The molecule has 1 aromatic carbocycles. The van der Waals surface area contributed by atoms with E-state index < -0.39 is 6.04 Å². The first-order valence-electron chi connectivity index (χ1n) is 6.28. The Kier molecular flexibility index (Phi) is 3.55. The second kappa shape index (κ2) is 4.99. The molecule has 0 saturated carbocycles. The zero-order chi connectivity index (χ0) is 14.2. The molecule has 0 bridgehead atoms. The Labute approximate surface area is 111 Å². The van der Waals surface area contributed by atoms with Gasteiger partial charge < -0.3 is 5.32 Å². The summed E-state index contributed by atoms with van der Waals surface area (Å²) in [7, 11) is 0. The molecule has 4 nitrogen and oxygen atoms in total. The van der Waals surface area contributed by atoms with E-state index >= 15 is 0 Å². The third kappa shape index (κ3) is 2.75. The fourth-order valence-electron chi connectivity index (χ4n) is 2.33. The molecule has 1 N–H and O–H groups in total. The van der Waals surface area contributed by atoms with Gasteiger partial charge in [-0.2, -0.15) is 0 Å². The fraction of sp³-hybridized carbons (Fsp3) is 0.429. The van der Waals surface area contributed by atoms with Gasteiger partial charge in [-0.1, -0.05) is 0 Å². The summed E-state index contributed by atoms with van der Waals surface area (Å²) in [5.74, 6) is -0.799. The Morgan fingerprint density at radius 1 is 1.32 bits per heavy atom. The van der Waals surface area contributed by atoms with Crippen molar-refractivity contribution in [3.05, 3.63) is 29.6 Å². The molecule has 0 aromatic heterocycles. The molecule has 1 aromatic rings. The number of aryl methyl sites for hydroxylation is 1. The van der Waals surface area contributed by atoms with Crippen LogP contribution < -0.4 is 5.32 Å². The van der Waals surface area contributed by atoms with Gasteiger partial charge in [-0.15, -0.1) is 0 Å². The van der Waals surface area contributed by atoms with E-state index in [1.807, 2.05) is 0 Å². The van der Waals surface area contributed by atoms with Gasteiger partial charge in [0.1, 0.15) is 11.9 Å². The Hall–Kier alpha value is -1.91. The summed E-state index contributed by atoms with van der Waals surface area (Å²) in [4.78, 5) is 25.1. The quantitative estimate of drug-likeness (QED) is 0.850. The number of amides is 2. The second-order valence-electron chi connectivity index (χ2n) is 5.11. The van der Waals surface area contributed by atoms with Crippen molar-refractivity contribution in [3.63, 3.8) is 0 Å². The number of nitrogens with one attached hydrogen (secondary N) is 1. The highest BCUT2D eigenvalue weighted by Crippen LogP contribution is 2.21. The molecule has 1 saturated heterocycles. The summed E-state index contributed by atoms with van der Waals surface area (Å²) >= 11 is 0. The van der Waals surface area contributed by atoms with Gasteiger partial charge in [0.25, 0.3) is 5.91 Å². The molecule has 1 heterocycles. The summed E-state index contributed by atoms with van der Waals surface area (Å²) in [5, 5.41) is 2.94. The molecule has 1 aliphatic heterocycles. The van der Waals surface area contributed by atoms with Crippen molar-refractivity contribution in [1.29, 1.82) is 0 Å². The summed E-state index contributed by atoms with van der Waals surface area (Å²) in [6.45, 7) is 5.37. The molecule has 0 aliphatic carbocycles. The van der Waals surface area contributed by atoms with Crippen molar-refractivity contribution >= 4 is 17.5 Å². The number of hydrogen-bond acceptors (Lipinski definition) is 3. The number of hydrogen-bond donors (Lipinski definition) is 1. The monoisotopic (exact) mass is 264 g/mol. The van der Waals surface area contributed by atoms with Crippen LogP contribution in [0.25, 0.3) is 0 Å². The van der Waals surface area contributed by atoms with Crippen molar-refractivity contribution in [2.24, 2.45) is 0 Å². The highest BCUT2D eigenvalue weighted by Gasteiger charge is 2.39. The number of nitrogens with zero attached hydrogens (tertiary/aromatic N) is 1. The topological polar surface area (TPSA) is 49.4 Å². The van der Waals surface area contributed by atoms with Crippen LogP contribution in [-0.2, 0) is 9.59 Å². The first-order valence-corrected chi connectivity index (χ1v) is 6.28. The van der Waals surface area contributed by atoms with E-state index in [-0.39, 0.29) is 30.1 Å². The van der Waals surface area contributed by atoms with Crippen LogP contribution in [0.3, 0.4) is 0 Å². The minimum Gasteiger partial charge on any atom is -0.373 e. The molecular weight excluding hydrogens is 247 g/mol. The minimum absolute atomic E-state index is 0.118. The van der Waals surface area contributed by atoms with E-state index in [4.69, 9.17) is 0 Å². The molecular formula is C14H17FN2O2. The maximum Gasteiger partial charge on any atom is 0.252 e. The van der Waals surface area contributed by atoms with Gasteiger partial charge in [0.05, 0.1) is 6.42 Å². The molecule has 2 amide bonds. The Morgan fingerprint density at radius 3 is 2.53 bits per heavy atom. The maximum atomic E-state index is 13.3. The van der Waals surface area contributed by atoms with Crippen LogP contribution in [0.4, 0.5) is 10.1 Å². The van der Waals surface area contributed by atoms with Crippen LogP contribution in [0.1, 0.15) is 25.8 Å². The third-order valence-corrected chi connectivity index (χ3v) is 3.08. The molecule has 1 atom stereocenters. The van der Waals surface area contributed by atoms with Gasteiger partial charge >= 0.3 is 0 Å². The molecule has 1 fully saturated rings. The summed E-state index contributed by atoms with van der Waals surface area (Å²) in [5.41, 5.74) is 1.29. The number of anilines is 1. The van der Waals surface area contributed by atoms with E-state index in [1.165, 1.54) is 17.0 Å². The van der Waals surface area contributed by atoms with Gasteiger partial charge in [-0.3, -0.25) is 14.5 Å². The Balaban J connectivity index is 2.16. The summed E-state index contributed by atoms with van der Waals surface area (Å²) < 4.78 is 13.3. The molecule has 0 radical (unpaired) electrons. The average Bonchev–Trinajstić information content (AvgIpc) is 2.52.